The number of benzene rings is 1. The largest absolute Gasteiger partial charge is 0.508 e. The smallest absolute Gasteiger partial charge is 0.120 e. The van der Waals surface area contributed by atoms with E-state index in [4.69, 9.17) is 0 Å². The van der Waals surface area contributed by atoms with E-state index in [2.05, 4.69) is 17.1 Å². The highest BCUT2D eigenvalue weighted by molar-refractivity contribution is 5.31. The van der Waals surface area contributed by atoms with Gasteiger partial charge in [0.2, 0.25) is 0 Å². The molecule has 1 fully saturated rings. The number of likely N-dealkylation sites (tertiary alicyclic amines) is 1. The number of para-hydroxylation sites is 1. The summed E-state index contributed by atoms with van der Waals surface area (Å²) in [4.78, 5) is 2.53. The molecule has 2 rings (SSSR count). The summed E-state index contributed by atoms with van der Waals surface area (Å²) >= 11 is 0. The standard InChI is InChI=1S/C15H24N2O/c1-13-6-9-17(10-7-13)11-8-16-12-14-4-2-3-5-15(14)18/h2-5,13,16,18H,6-12H2,1H3. The van der Waals surface area contributed by atoms with Crippen molar-refractivity contribution in [1.29, 1.82) is 0 Å². The third kappa shape index (κ3) is 4.00. The summed E-state index contributed by atoms with van der Waals surface area (Å²) in [7, 11) is 0. The molecular formula is C15H24N2O. The van der Waals surface area contributed by atoms with Crippen molar-refractivity contribution in [3.05, 3.63) is 29.8 Å². The van der Waals surface area contributed by atoms with E-state index in [1.807, 2.05) is 18.2 Å². The van der Waals surface area contributed by atoms with Crippen LogP contribution in [0.2, 0.25) is 0 Å². The topological polar surface area (TPSA) is 35.5 Å². The second-order valence-electron chi connectivity index (χ2n) is 5.33. The van der Waals surface area contributed by atoms with Crippen molar-refractivity contribution in [2.24, 2.45) is 5.92 Å². The lowest BCUT2D eigenvalue weighted by Crippen LogP contribution is -2.37. The summed E-state index contributed by atoms with van der Waals surface area (Å²) in [6.07, 6.45) is 2.67. The zero-order valence-corrected chi connectivity index (χ0v) is 11.2. The first kappa shape index (κ1) is 13.4. The number of nitrogens with one attached hydrogen (secondary N) is 1. The van der Waals surface area contributed by atoms with E-state index in [9.17, 15) is 5.11 Å². The lowest BCUT2D eigenvalue weighted by Gasteiger charge is -2.30. The number of rotatable bonds is 5. The molecular weight excluding hydrogens is 224 g/mol. The van der Waals surface area contributed by atoms with E-state index >= 15 is 0 Å². The van der Waals surface area contributed by atoms with Crippen LogP contribution in [-0.4, -0.2) is 36.2 Å². The Kier molecular flexibility index (Phi) is 5.02. The molecule has 0 unspecified atom stereocenters. The first-order chi connectivity index (χ1) is 8.75. The van der Waals surface area contributed by atoms with E-state index in [-0.39, 0.29) is 0 Å². The van der Waals surface area contributed by atoms with Gasteiger partial charge in [-0.15, -0.1) is 0 Å². The molecule has 0 radical (unpaired) electrons. The molecule has 1 aromatic rings. The van der Waals surface area contributed by atoms with Crippen LogP contribution in [0.3, 0.4) is 0 Å². The SMILES string of the molecule is CC1CCN(CCNCc2ccccc2O)CC1. The maximum Gasteiger partial charge on any atom is 0.120 e. The highest BCUT2D eigenvalue weighted by Crippen LogP contribution is 2.16. The molecule has 100 valence electrons. The van der Waals surface area contributed by atoms with E-state index in [0.29, 0.717) is 5.75 Å². The van der Waals surface area contributed by atoms with Gasteiger partial charge in [-0.2, -0.15) is 0 Å². The van der Waals surface area contributed by atoms with Crippen LogP contribution < -0.4 is 5.32 Å². The third-order valence-electron chi connectivity index (χ3n) is 3.79. The molecule has 1 aromatic carbocycles. The van der Waals surface area contributed by atoms with Crippen molar-refractivity contribution < 1.29 is 5.11 Å². The average Bonchev–Trinajstić information content (AvgIpc) is 2.39. The number of hydrogen-bond acceptors (Lipinski definition) is 3. The number of aromatic hydroxyl groups is 1. The van der Waals surface area contributed by atoms with Gasteiger partial charge in [-0.1, -0.05) is 25.1 Å². The predicted molar refractivity (Wildman–Crippen MR) is 74.7 cm³/mol. The van der Waals surface area contributed by atoms with Gasteiger partial charge in [-0.25, -0.2) is 0 Å². The lowest BCUT2D eigenvalue weighted by molar-refractivity contribution is 0.193. The fraction of sp³-hybridized carbons (Fsp3) is 0.600. The molecule has 1 saturated heterocycles. The maximum atomic E-state index is 9.64. The van der Waals surface area contributed by atoms with Gasteiger partial charge in [0.25, 0.3) is 0 Å². The highest BCUT2D eigenvalue weighted by Gasteiger charge is 2.14. The van der Waals surface area contributed by atoms with Gasteiger partial charge in [-0.3, -0.25) is 0 Å². The molecule has 0 aromatic heterocycles. The van der Waals surface area contributed by atoms with Crippen LogP contribution in [0, 0.1) is 5.92 Å². The molecule has 2 N–H and O–H groups in total. The Labute approximate surface area is 110 Å². The normalized spacial score (nSPS) is 18.1. The minimum absolute atomic E-state index is 0.386. The molecule has 0 aliphatic carbocycles. The van der Waals surface area contributed by atoms with E-state index < -0.39 is 0 Å². The quantitative estimate of drug-likeness (QED) is 0.784. The average molecular weight is 248 g/mol. The second kappa shape index (κ2) is 6.76. The zero-order valence-electron chi connectivity index (χ0n) is 11.2. The molecule has 1 heterocycles. The number of phenols is 1. The lowest BCUT2D eigenvalue weighted by atomic mass is 9.99. The second-order valence-corrected chi connectivity index (χ2v) is 5.33. The van der Waals surface area contributed by atoms with Crippen molar-refractivity contribution in [3.8, 4) is 5.75 Å². The molecule has 0 atom stereocenters. The number of nitrogens with zero attached hydrogens (tertiary/aromatic N) is 1. The summed E-state index contributed by atoms with van der Waals surface area (Å²) in [5.74, 6) is 1.28. The zero-order chi connectivity index (χ0) is 12.8. The Hall–Kier alpha value is -1.06. The fourth-order valence-electron chi connectivity index (χ4n) is 2.41. The number of hydrogen-bond donors (Lipinski definition) is 2. The van der Waals surface area contributed by atoms with Crippen molar-refractivity contribution in [1.82, 2.24) is 10.2 Å². The van der Waals surface area contributed by atoms with Gasteiger partial charge >= 0.3 is 0 Å². The van der Waals surface area contributed by atoms with E-state index in [1.54, 1.807) is 6.07 Å². The Balaban J connectivity index is 1.63. The maximum absolute atomic E-state index is 9.64. The summed E-state index contributed by atoms with van der Waals surface area (Å²) in [6.45, 7) is 7.66. The first-order valence-corrected chi connectivity index (χ1v) is 6.95. The molecule has 18 heavy (non-hydrogen) atoms. The monoisotopic (exact) mass is 248 g/mol. The van der Waals surface area contributed by atoms with Gasteiger partial charge in [0.05, 0.1) is 0 Å². The number of phenolic OH excluding ortho intramolecular Hbond substituents is 1. The third-order valence-corrected chi connectivity index (χ3v) is 3.79. The summed E-state index contributed by atoms with van der Waals surface area (Å²) < 4.78 is 0. The van der Waals surface area contributed by atoms with Crippen molar-refractivity contribution in [3.63, 3.8) is 0 Å². The Morgan fingerprint density at radius 3 is 2.72 bits per heavy atom. The van der Waals surface area contributed by atoms with Gasteiger partial charge in [0.1, 0.15) is 5.75 Å². The molecule has 0 spiro atoms. The Bertz CT molecular complexity index is 359. The number of piperidine rings is 1. The molecule has 0 bridgehead atoms. The minimum atomic E-state index is 0.386. The molecule has 0 amide bonds. The van der Waals surface area contributed by atoms with Crippen LogP contribution in [-0.2, 0) is 6.54 Å². The van der Waals surface area contributed by atoms with Gasteiger partial charge in [0.15, 0.2) is 0 Å². The molecule has 3 heteroatoms. The van der Waals surface area contributed by atoms with Gasteiger partial charge in [-0.05, 0) is 37.9 Å². The van der Waals surface area contributed by atoms with Crippen molar-refractivity contribution in [2.45, 2.75) is 26.3 Å². The van der Waals surface area contributed by atoms with Crippen LogP contribution in [0.4, 0.5) is 0 Å². The first-order valence-electron chi connectivity index (χ1n) is 6.95. The Morgan fingerprint density at radius 1 is 1.28 bits per heavy atom. The van der Waals surface area contributed by atoms with Gasteiger partial charge in [0, 0.05) is 25.2 Å². The molecule has 1 aliphatic rings. The van der Waals surface area contributed by atoms with Crippen molar-refractivity contribution in [2.75, 3.05) is 26.2 Å². The fourth-order valence-corrected chi connectivity index (χ4v) is 2.41. The highest BCUT2D eigenvalue weighted by atomic mass is 16.3. The molecule has 1 aliphatic heterocycles. The van der Waals surface area contributed by atoms with Gasteiger partial charge < -0.3 is 15.3 Å². The minimum Gasteiger partial charge on any atom is -0.508 e. The van der Waals surface area contributed by atoms with Crippen LogP contribution in [0.5, 0.6) is 5.75 Å². The van der Waals surface area contributed by atoms with E-state index in [0.717, 1.165) is 31.1 Å². The predicted octanol–water partition coefficient (Wildman–Crippen LogP) is 2.21. The summed E-state index contributed by atoms with van der Waals surface area (Å²) in [5.41, 5.74) is 0.977. The van der Waals surface area contributed by atoms with Crippen molar-refractivity contribution >= 4 is 0 Å². The summed E-state index contributed by atoms with van der Waals surface area (Å²) in [5, 5.41) is 13.0. The van der Waals surface area contributed by atoms with E-state index in [1.165, 1.54) is 25.9 Å². The van der Waals surface area contributed by atoms with Crippen LogP contribution in [0.1, 0.15) is 25.3 Å². The summed E-state index contributed by atoms with van der Waals surface area (Å²) in [6, 6.07) is 7.52. The molecule has 0 saturated carbocycles. The molecule has 3 nitrogen and oxygen atoms in total. The Morgan fingerprint density at radius 2 is 2.00 bits per heavy atom. The van der Waals surface area contributed by atoms with Crippen LogP contribution in [0.25, 0.3) is 0 Å². The van der Waals surface area contributed by atoms with Crippen LogP contribution >= 0.6 is 0 Å². The van der Waals surface area contributed by atoms with Crippen LogP contribution in [0.15, 0.2) is 24.3 Å².